The third kappa shape index (κ3) is 5.64. The van der Waals surface area contributed by atoms with E-state index in [2.05, 4.69) is 15.6 Å². The molecule has 2 N–H and O–H groups in total. The van der Waals surface area contributed by atoms with Gasteiger partial charge in [-0.3, -0.25) is 9.59 Å². The molecule has 0 saturated carbocycles. The number of rotatable bonds is 8. The number of hydrogen-bond acceptors (Lipinski definition) is 6. The van der Waals surface area contributed by atoms with Gasteiger partial charge in [-0.05, 0) is 55.3 Å². The molecule has 3 aromatic rings. The summed E-state index contributed by atoms with van der Waals surface area (Å²) >= 11 is 1.31. The summed E-state index contributed by atoms with van der Waals surface area (Å²) in [5.41, 5.74) is 2.82. The zero-order valence-corrected chi connectivity index (χ0v) is 19.6. The van der Waals surface area contributed by atoms with Crippen molar-refractivity contribution in [3.63, 3.8) is 0 Å². The molecule has 168 valence electrons. The van der Waals surface area contributed by atoms with Crippen LogP contribution in [0.2, 0.25) is 0 Å². The van der Waals surface area contributed by atoms with Gasteiger partial charge < -0.3 is 20.1 Å². The first-order valence-corrected chi connectivity index (χ1v) is 11.0. The predicted octanol–water partition coefficient (Wildman–Crippen LogP) is 5.37. The second-order valence-electron chi connectivity index (χ2n) is 7.68. The summed E-state index contributed by atoms with van der Waals surface area (Å²) in [6.45, 7) is 5.80. The van der Waals surface area contributed by atoms with Crippen molar-refractivity contribution in [1.29, 1.82) is 0 Å². The van der Waals surface area contributed by atoms with E-state index in [1.807, 2.05) is 39.0 Å². The first-order valence-electron chi connectivity index (χ1n) is 10.2. The average molecular weight is 454 g/mol. The third-order valence-electron chi connectivity index (χ3n) is 4.65. The topological polar surface area (TPSA) is 89.5 Å². The lowest BCUT2D eigenvalue weighted by Crippen LogP contribution is -2.14. The minimum atomic E-state index is -0.233. The molecular weight excluding hydrogens is 426 g/mol. The van der Waals surface area contributed by atoms with Crippen LogP contribution in [0.4, 0.5) is 11.4 Å². The van der Waals surface area contributed by atoms with Gasteiger partial charge in [0.2, 0.25) is 5.91 Å². The summed E-state index contributed by atoms with van der Waals surface area (Å²) in [6, 6.07) is 12.6. The smallest absolute Gasteiger partial charge is 0.267 e. The molecule has 32 heavy (non-hydrogen) atoms. The monoisotopic (exact) mass is 453 g/mol. The van der Waals surface area contributed by atoms with Gasteiger partial charge in [0.05, 0.1) is 19.9 Å². The average Bonchev–Trinajstić information content (AvgIpc) is 3.15. The van der Waals surface area contributed by atoms with Crippen LogP contribution < -0.4 is 20.1 Å². The first-order chi connectivity index (χ1) is 15.3. The number of nitrogens with one attached hydrogen (secondary N) is 2. The lowest BCUT2D eigenvalue weighted by Gasteiger charge is -2.09. The number of carbonyl (C=O) groups is 2. The predicted molar refractivity (Wildman–Crippen MR) is 128 cm³/mol. The van der Waals surface area contributed by atoms with E-state index in [1.165, 1.54) is 11.3 Å². The quantitative estimate of drug-likeness (QED) is 0.478. The second kappa shape index (κ2) is 10.3. The van der Waals surface area contributed by atoms with Crippen molar-refractivity contribution < 1.29 is 19.1 Å². The molecule has 0 unspecified atom stereocenters. The number of hydrogen-bond donors (Lipinski definition) is 2. The zero-order valence-electron chi connectivity index (χ0n) is 18.8. The van der Waals surface area contributed by atoms with Crippen molar-refractivity contribution in [2.45, 2.75) is 27.2 Å². The molecule has 3 rings (SSSR count). The van der Waals surface area contributed by atoms with Crippen LogP contribution in [0, 0.1) is 12.8 Å². The number of methoxy groups -OCH3 is 2. The first kappa shape index (κ1) is 23.3. The number of aryl methyl sites for hydroxylation is 1. The Morgan fingerprint density at radius 3 is 2.19 bits per heavy atom. The molecule has 2 aromatic carbocycles. The Balaban J connectivity index is 1.71. The maximum absolute atomic E-state index is 12.8. The van der Waals surface area contributed by atoms with Crippen LogP contribution in [0.15, 0.2) is 42.5 Å². The number of aromatic nitrogens is 1. The second-order valence-corrected chi connectivity index (χ2v) is 8.68. The molecule has 0 radical (unpaired) electrons. The van der Waals surface area contributed by atoms with E-state index in [4.69, 9.17) is 9.47 Å². The maximum atomic E-state index is 12.8. The molecule has 1 heterocycles. The van der Waals surface area contributed by atoms with Gasteiger partial charge in [-0.1, -0.05) is 13.8 Å². The van der Waals surface area contributed by atoms with E-state index in [1.54, 1.807) is 38.5 Å². The van der Waals surface area contributed by atoms with E-state index in [0.29, 0.717) is 45.8 Å². The molecule has 0 aliphatic rings. The molecule has 0 fully saturated rings. The highest BCUT2D eigenvalue weighted by Crippen LogP contribution is 2.35. The normalized spacial score (nSPS) is 10.7. The molecule has 0 bridgehead atoms. The van der Waals surface area contributed by atoms with Crippen LogP contribution in [0.1, 0.15) is 35.6 Å². The van der Waals surface area contributed by atoms with Crippen LogP contribution in [-0.4, -0.2) is 31.0 Å². The van der Waals surface area contributed by atoms with Crippen molar-refractivity contribution >= 4 is 34.5 Å². The number of carbonyl (C=O) groups excluding carboxylic acids is 2. The van der Waals surface area contributed by atoms with Gasteiger partial charge >= 0.3 is 0 Å². The van der Waals surface area contributed by atoms with Crippen molar-refractivity contribution in [2.24, 2.45) is 5.92 Å². The number of anilines is 2. The Hall–Kier alpha value is -3.39. The highest BCUT2D eigenvalue weighted by atomic mass is 32.1. The van der Waals surface area contributed by atoms with E-state index in [9.17, 15) is 9.59 Å². The summed E-state index contributed by atoms with van der Waals surface area (Å²) < 4.78 is 10.6. The molecule has 2 amide bonds. The highest BCUT2D eigenvalue weighted by Gasteiger charge is 2.18. The molecule has 0 saturated heterocycles. The summed E-state index contributed by atoms with van der Waals surface area (Å²) in [5.74, 6) is 1.26. The summed E-state index contributed by atoms with van der Waals surface area (Å²) in [7, 11) is 3.16. The molecular formula is C24H27N3O4S. The van der Waals surface area contributed by atoms with Crippen LogP contribution in [-0.2, 0) is 4.79 Å². The highest BCUT2D eigenvalue weighted by molar-refractivity contribution is 7.17. The van der Waals surface area contributed by atoms with Crippen molar-refractivity contribution in [3.05, 3.63) is 53.0 Å². The van der Waals surface area contributed by atoms with Crippen LogP contribution in [0.25, 0.3) is 10.6 Å². The Labute approximate surface area is 191 Å². The SMILES string of the molecule is COc1ccc(-c2nc(C)c(C(=O)Nc3ccc(NC(=O)CC(C)C)cc3)s2)cc1OC. The van der Waals surface area contributed by atoms with Crippen LogP contribution in [0.3, 0.4) is 0 Å². The summed E-state index contributed by atoms with van der Waals surface area (Å²) in [4.78, 5) is 29.8. The molecule has 0 aliphatic carbocycles. The van der Waals surface area contributed by atoms with Crippen molar-refractivity contribution in [1.82, 2.24) is 4.98 Å². The largest absolute Gasteiger partial charge is 0.493 e. The third-order valence-corrected chi connectivity index (χ3v) is 5.86. The van der Waals surface area contributed by atoms with Crippen molar-refractivity contribution in [3.8, 4) is 22.1 Å². The van der Waals surface area contributed by atoms with E-state index in [-0.39, 0.29) is 11.8 Å². The van der Waals surface area contributed by atoms with Crippen LogP contribution >= 0.6 is 11.3 Å². The standard InChI is InChI=1S/C24H27N3O4S/c1-14(2)12-21(28)26-17-7-9-18(10-8-17)27-23(29)22-15(3)25-24(32-22)16-6-11-19(30-4)20(13-16)31-5/h6-11,13-14H,12H2,1-5H3,(H,26,28)(H,27,29). The minimum Gasteiger partial charge on any atom is -0.493 e. The van der Waals surface area contributed by atoms with Gasteiger partial charge in [-0.2, -0.15) is 0 Å². The molecule has 0 aliphatic heterocycles. The Kier molecular flexibility index (Phi) is 7.48. The molecule has 7 nitrogen and oxygen atoms in total. The molecule has 0 spiro atoms. The maximum Gasteiger partial charge on any atom is 0.267 e. The number of thiazole rings is 1. The Bertz CT molecular complexity index is 1110. The van der Waals surface area contributed by atoms with Gasteiger partial charge in [-0.25, -0.2) is 4.98 Å². The number of ether oxygens (including phenoxy) is 2. The van der Waals surface area contributed by atoms with Gasteiger partial charge in [0.1, 0.15) is 9.88 Å². The molecule has 8 heteroatoms. The van der Waals surface area contributed by atoms with Gasteiger partial charge in [0, 0.05) is 23.4 Å². The Morgan fingerprint density at radius 1 is 0.969 bits per heavy atom. The lowest BCUT2D eigenvalue weighted by molar-refractivity contribution is -0.116. The van der Waals surface area contributed by atoms with Crippen molar-refractivity contribution in [2.75, 3.05) is 24.9 Å². The van der Waals surface area contributed by atoms with E-state index >= 15 is 0 Å². The summed E-state index contributed by atoms with van der Waals surface area (Å²) in [6.07, 6.45) is 0.464. The molecule has 0 atom stereocenters. The summed E-state index contributed by atoms with van der Waals surface area (Å²) in [5, 5.41) is 6.47. The number of benzene rings is 2. The van der Waals surface area contributed by atoms with Crippen LogP contribution in [0.5, 0.6) is 11.5 Å². The number of amides is 2. The fourth-order valence-corrected chi connectivity index (χ4v) is 4.07. The van der Waals surface area contributed by atoms with Gasteiger partial charge in [0.25, 0.3) is 5.91 Å². The molecule has 1 aromatic heterocycles. The number of nitrogens with zero attached hydrogens (tertiary/aromatic N) is 1. The van der Waals surface area contributed by atoms with Gasteiger partial charge in [0.15, 0.2) is 11.5 Å². The zero-order chi connectivity index (χ0) is 23.3. The minimum absolute atomic E-state index is 0.0280. The fourth-order valence-electron chi connectivity index (χ4n) is 3.11. The van der Waals surface area contributed by atoms with E-state index < -0.39 is 0 Å². The van der Waals surface area contributed by atoms with Gasteiger partial charge in [-0.15, -0.1) is 11.3 Å². The lowest BCUT2D eigenvalue weighted by atomic mass is 10.1. The van der Waals surface area contributed by atoms with E-state index in [0.717, 1.165) is 10.6 Å². The fraction of sp³-hybridized carbons (Fsp3) is 0.292. The Morgan fingerprint density at radius 2 is 1.59 bits per heavy atom.